The predicted octanol–water partition coefficient (Wildman–Crippen LogP) is 2.99. The van der Waals surface area contributed by atoms with Crippen molar-refractivity contribution in [1.29, 1.82) is 0 Å². The molecule has 0 aliphatic carbocycles. The zero-order valence-electron chi connectivity index (χ0n) is 17.4. The number of piperidine rings is 1. The van der Waals surface area contributed by atoms with E-state index in [-0.39, 0.29) is 17.4 Å². The van der Waals surface area contributed by atoms with Gasteiger partial charge in [0.25, 0.3) is 5.91 Å². The van der Waals surface area contributed by atoms with E-state index in [0.29, 0.717) is 30.9 Å². The van der Waals surface area contributed by atoms with E-state index in [0.717, 1.165) is 30.6 Å². The molecule has 2 aromatic carbocycles. The lowest BCUT2D eigenvalue weighted by Crippen LogP contribution is -2.35. The normalized spacial score (nSPS) is 14.9. The third kappa shape index (κ3) is 5.31. The number of benzene rings is 2. The van der Waals surface area contributed by atoms with Crippen LogP contribution in [0.1, 0.15) is 35.2 Å². The van der Waals surface area contributed by atoms with Crippen molar-refractivity contribution in [3.63, 3.8) is 0 Å². The van der Waals surface area contributed by atoms with Crippen molar-refractivity contribution >= 4 is 15.9 Å². The molecule has 0 spiro atoms. The fourth-order valence-corrected chi connectivity index (χ4v) is 4.93. The zero-order valence-corrected chi connectivity index (χ0v) is 18.2. The molecule has 0 unspecified atom stereocenters. The quantitative estimate of drug-likeness (QED) is 0.648. The van der Waals surface area contributed by atoms with Crippen molar-refractivity contribution < 1.29 is 22.7 Å². The van der Waals surface area contributed by atoms with Gasteiger partial charge in [0, 0.05) is 18.7 Å². The first-order valence-electron chi connectivity index (χ1n) is 10.1. The molecule has 8 heteroatoms. The number of nitrogens with one attached hydrogen (secondary N) is 1. The second-order valence-electron chi connectivity index (χ2n) is 7.22. The van der Waals surface area contributed by atoms with Crippen LogP contribution in [0, 0.1) is 6.92 Å². The molecule has 30 heavy (non-hydrogen) atoms. The summed E-state index contributed by atoms with van der Waals surface area (Å²) in [5.74, 6) is 1.11. The van der Waals surface area contributed by atoms with Gasteiger partial charge in [-0.3, -0.25) is 4.79 Å². The van der Waals surface area contributed by atoms with Crippen LogP contribution in [0.15, 0.2) is 47.4 Å². The molecule has 1 fully saturated rings. The van der Waals surface area contributed by atoms with Crippen molar-refractivity contribution in [3.8, 4) is 11.5 Å². The first-order chi connectivity index (χ1) is 14.4. The number of ether oxygens (including phenoxy) is 2. The van der Waals surface area contributed by atoms with E-state index in [1.54, 1.807) is 53.9 Å². The lowest BCUT2D eigenvalue weighted by molar-refractivity contribution is 0.0947. The highest BCUT2D eigenvalue weighted by Crippen LogP contribution is 2.22. The minimum atomic E-state index is -3.44. The summed E-state index contributed by atoms with van der Waals surface area (Å²) < 4.78 is 37.7. The maximum absolute atomic E-state index is 12.7. The molecule has 1 heterocycles. The van der Waals surface area contributed by atoms with E-state index >= 15 is 0 Å². The van der Waals surface area contributed by atoms with Crippen LogP contribution in [0.2, 0.25) is 0 Å². The van der Waals surface area contributed by atoms with Crippen molar-refractivity contribution in [2.75, 3.05) is 33.4 Å². The number of hydrogen-bond donors (Lipinski definition) is 1. The largest absolute Gasteiger partial charge is 0.496 e. The summed E-state index contributed by atoms with van der Waals surface area (Å²) in [5, 5.41) is 2.81. The Morgan fingerprint density at radius 2 is 1.77 bits per heavy atom. The molecule has 1 amide bonds. The Kier molecular flexibility index (Phi) is 7.33. The van der Waals surface area contributed by atoms with Gasteiger partial charge in [-0.25, -0.2) is 8.42 Å². The number of nitrogens with zero attached hydrogens (tertiary/aromatic N) is 1. The van der Waals surface area contributed by atoms with Crippen LogP contribution in [0.4, 0.5) is 0 Å². The smallest absolute Gasteiger partial charge is 0.251 e. The summed E-state index contributed by atoms with van der Waals surface area (Å²) in [6.07, 6.45) is 2.89. The topological polar surface area (TPSA) is 84.9 Å². The molecule has 1 aliphatic heterocycles. The minimum Gasteiger partial charge on any atom is -0.496 e. The second kappa shape index (κ2) is 9.95. The maximum atomic E-state index is 12.7. The minimum absolute atomic E-state index is 0.188. The van der Waals surface area contributed by atoms with E-state index in [9.17, 15) is 13.2 Å². The Morgan fingerprint density at radius 1 is 1.07 bits per heavy atom. The molecule has 0 bridgehead atoms. The van der Waals surface area contributed by atoms with E-state index < -0.39 is 10.0 Å². The van der Waals surface area contributed by atoms with Gasteiger partial charge in [0.05, 0.1) is 18.6 Å². The van der Waals surface area contributed by atoms with Gasteiger partial charge >= 0.3 is 0 Å². The van der Waals surface area contributed by atoms with Crippen LogP contribution in [0.3, 0.4) is 0 Å². The molecule has 1 aliphatic rings. The second-order valence-corrected chi connectivity index (χ2v) is 9.16. The SMILES string of the molecule is COc1ccc(C(=O)NCCOc2ccc(S(=O)(=O)N3CCCCC3)cc2)cc1C. The summed E-state index contributed by atoms with van der Waals surface area (Å²) in [5.41, 5.74) is 1.45. The van der Waals surface area contributed by atoms with Gasteiger partial charge in [0.15, 0.2) is 0 Å². The highest BCUT2D eigenvalue weighted by atomic mass is 32.2. The number of carbonyl (C=O) groups is 1. The summed E-state index contributed by atoms with van der Waals surface area (Å²) in [7, 11) is -1.85. The standard InChI is InChI=1S/C22H28N2O5S/c1-17-16-18(6-11-21(17)28-2)22(25)23-12-15-29-19-7-9-20(10-8-19)30(26,27)24-13-4-3-5-14-24/h6-11,16H,3-5,12-15H2,1-2H3,(H,23,25). The molecule has 0 saturated carbocycles. The molecule has 1 saturated heterocycles. The molecule has 0 atom stereocenters. The Hall–Kier alpha value is -2.58. The van der Waals surface area contributed by atoms with E-state index in [2.05, 4.69) is 5.32 Å². The molecule has 7 nitrogen and oxygen atoms in total. The first-order valence-corrected chi connectivity index (χ1v) is 11.5. The number of hydrogen-bond acceptors (Lipinski definition) is 5. The fourth-order valence-electron chi connectivity index (χ4n) is 3.42. The van der Waals surface area contributed by atoms with Gasteiger partial charge in [-0.15, -0.1) is 0 Å². The van der Waals surface area contributed by atoms with Crippen LogP contribution in [-0.2, 0) is 10.0 Å². The lowest BCUT2D eigenvalue weighted by atomic mass is 10.1. The van der Waals surface area contributed by atoms with E-state index in [1.807, 2.05) is 6.92 Å². The van der Waals surface area contributed by atoms with Gasteiger partial charge in [-0.05, 0) is 67.8 Å². The zero-order chi connectivity index (χ0) is 21.6. The van der Waals surface area contributed by atoms with Gasteiger partial charge in [0.1, 0.15) is 18.1 Å². The van der Waals surface area contributed by atoms with Gasteiger partial charge in [-0.2, -0.15) is 4.31 Å². The van der Waals surface area contributed by atoms with Crippen LogP contribution >= 0.6 is 0 Å². The van der Waals surface area contributed by atoms with Crippen molar-refractivity contribution in [2.24, 2.45) is 0 Å². The Bertz CT molecular complexity index is 968. The Labute approximate surface area is 178 Å². The number of rotatable bonds is 8. The summed E-state index contributed by atoms with van der Waals surface area (Å²) >= 11 is 0. The van der Waals surface area contributed by atoms with Crippen LogP contribution in [0.5, 0.6) is 11.5 Å². The third-order valence-corrected chi connectivity index (χ3v) is 7.00. The van der Waals surface area contributed by atoms with Gasteiger partial charge in [0.2, 0.25) is 10.0 Å². The molecule has 1 N–H and O–H groups in total. The van der Waals surface area contributed by atoms with Crippen molar-refractivity contribution in [3.05, 3.63) is 53.6 Å². The first kappa shape index (κ1) is 22.1. The van der Waals surface area contributed by atoms with E-state index in [1.165, 1.54) is 0 Å². The average Bonchev–Trinajstić information content (AvgIpc) is 2.77. The molecule has 162 valence electrons. The predicted molar refractivity (Wildman–Crippen MR) is 115 cm³/mol. The van der Waals surface area contributed by atoms with Crippen LogP contribution in [-0.4, -0.2) is 52.0 Å². The monoisotopic (exact) mass is 432 g/mol. The van der Waals surface area contributed by atoms with Crippen molar-refractivity contribution in [2.45, 2.75) is 31.1 Å². The maximum Gasteiger partial charge on any atom is 0.251 e. The molecule has 0 radical (unpaired) electrons. The number of carbonyl (C=O) groups excluding carboxylic acids is 1. The summed E-state index contributed by atoms with van der Waals surface area (Å²) in [4.78, 5) is 12.5. The molecule has 2 aromatic rings. The average molecular weight is 433 g/mol. The van der Waals surface area contributed by atoms with Crippen molar-refractivity contribution in [1.82, 2.24) is 9.62 Å². The Balaban J connectivity index is 1.48. The number of methoxy groups -OCH3 is 1. The van der Waals surface area contributed by atoms with Crippen LogP contribution < -0.4 is 14.8 Å². The highest BCUT2D eigenvalue weighted by molar-refractivity contribution is 7.89. The molecule has 3 rings (SSSR count). The summed E-state index contributed by atoms with van der Waals surface area (Å²) in [6.45, 7) is 3.65. The van der Waals surface area contributed by atoms with Gasteiger partial charge in [-0.1, -0.05) is 6.42 Å². The highest BCUT2D eigenvalue weighted by Gasteiger charge is 2.25. The molecular formula is C22H28N2O5S. The molecule has 0 aromatic heterocycles. The number of amides is 1. The fraction of sp³-hybridized carbons (Fsp3) is 0.409. The third-order valence-electron chi connectivity index (χ3n) is 5.09. The number of aryl methyl sites for hydroxylation is 1. The Morgan fingerprint density at radius 3 is 2.40 bits per heavy atom. The van der Waals surface area contributed by atoms with Gasteiger partial charge < -0.3 is 14.8 Å². The number of sulfonamides is 1. The van der Waals surface area contributed by atoms with E-state index in [4.69, 9.17) is 9.47 Å². The lowest BCUT2D eigenvalue weighted by Gasteiger charge is -2.25. The summed E-state index contributed by atoms with van der Waals surface area (Å²) in [6, 6.07) is 11.7. The molecular weight excluding hydrogens is 404 g/mol. The van der Waals surface area contributed by atoms with Crippen LogP contribution in [0.25, 0.3) is 0 Å².